The number of carboxylic acid groups (broad SMARTS) is 1. The summed E-state index contributed by atoms with van der Waals surface area (Å²) in [7, 11) is -2.96. The largest absolute Gasteiger partial charge is 0.480 e. The average Bonchev–Trinajstić information content (AvgIpc) is 3.15. The lowest BCUT2D eigenvalue weighted by Crippen LogP contribution is -2.34. The van der Waals surface area contributed by atoms with E-state index < -0.39 is 38.7 Å². The highest BCUT2D eigenvalue weighted by Gasteiger charge is 2.37. The molecule has 1 N–H and O–H groups in total. The monoisotopic (exact) mass is 488 g/mol. The molecular formula is C21H27F3N4O4S. The molecule has 0 saturated heterocycles. The van der Waals surface area contributed by atoms with E-state index in [4.69, 9.17) is 5.11 Å². The quantitative estimate of drug-likeness (QED) is 0.611. The molecule has 0 saturated carbocycles. The van der Waals surface area contributed by atoms with Crippen LogP contribution in [0.3, 0.4) is 0 Å². The molecule has 0 fully saturated rings. The van der Waals surface area contributed by atoms with Crippen molar-refractivity contribution in [1.82, 2.24) is 14.1 Å². The number of carbonyl (C=O) groups is 1. The third kappa shape index (κ3) is 5.01. The molecule has 0 bridgehead atoms. The lowest BCUT2D eigenvalue weighted by molar-refractivity contribution is -0.138. The van der Waals surface area contributed by atoms with E-state index in [0.29, 0.717) is 49.7 Å². The predicted molar refractivity (Wildman–Crippen MR) is 115 cm³/mol. The SMILES string of the molecule is CCN(CC)c1cc(C(F)(F)F)cc(S(=O)(=O)N(C)C2CCCc3c2cnn3CC(=O)O)c1. The third-order valence-electron chi connectivity index (χ3n) is 5.98. The zero-order valence-electron chi connectivity index (χ0n) is 18.6. The van der Waals surface area contributed by atoms with Crippen molar-refractivity contribution in [2.45, 2.75) is 56.8 Å². The second-order valence-corrected chi connectivity index (χ2v) is 9.91. The summed E-state index contributed by atoms with van der Waals surface area (Å²) in [5, 5.41) is 13.2. The summed E-state index contributed by atoms with van der Waals surface area (Å²) in [6, 6.07) is 2.23. The molecule has 0 aliphatic heterocycles. The van der Waals surface area contributed by atoms with Gasteiger partial charge in [-0.15, -0.1) is 0 Å². The van der Waals surface area contributed by atoms with Crippen LogP contribution in [-0.2, 0) is 34.0 Å². The van der Waals surface area contributed by atoms with Crippen LogP contribution >= 0.6 is 0 Å². The number of hydrogen-bond donors (Lipinski definition) is 1. The van der Waals surface area contributed by atoms with Gasteiger partial charge >= 0.3 is 12.1 Å². The van der Waals surface area contributed by atoms with E-state index in [0.717, 1.165) is 10.4 Å². The number of carboxylic acids is 1. The number of alkyl halides is 3. The topological polar surface area (TPSA) is 95.7 Å². The summed E-state index contributed by atoms with van der Waals surface area (Å²) in [6.45, 7) is 4.05. The van der Waals surface area contributed by atoms with Crippen molar-refractivity contribution in [2.75, 3.05) is 25.0 Å². The third-order valence-corrected chi connectivity index (χ3v) is 7.82. The first-order valence-corrected chi connectivity index (χ1v) is 12.1. The van der Waals surface area contributed by atoms with Crippen LogP contribution in [-0.4, -0.2) is 53.7 Å². The molecule has 3 rings (SSSR count). The maximum absolute atomic E-state index is 13.6. The number of hydrogen-bond acceptors (Lipinski definition) is 5. The second kappa shape index (κ2) is 9.34. The van der Waals surface area contributed by atoms with Gasteiger partial charge in [0, 0.05) is 37.1 Å². The highest BCUT2D eigenvalue weighted by molar-refractivity contribution is 7.89. The van der Waals surface area contributed by atoms with Gasteiger partial charge in [-0.05, 0) is 51.3 Å². The van der Waals surface area contributed by atoms with Crippen LogP contribution in [0.4, 0.5) is 18.9 Å². The van der Waals surface area contributed by atoms with Gasteiger partial charge in [0.2, 0.25) is 10.0 Å². The lowest BCUT2D eigenvalue weighted by Gasteiger charge is -2.31. The fraction of sp³-hybridized carbons (Fsp3) is 0.524. The van der Waals surface area contributed by atoms with Crippen LogP contribution in [0.25, 0.3) is 0 Å². The number of rotatable bonds is 8. The van der Waals surface area contributed by atoms with Crippen molar-refractivity contribution >= 4 is 21.7 Å². The number of sulfonamides is 1. The number of halogens is 3. The van der Waals surface area contributed by atoms with E-state index in [1.165, 1.54) is 24.0 Å². The van der Waals surface area contributed by atoms with Crippen LogP contribution in [0.1, 0.15) is 49.6 Å². The van der Waals surface area contributed by atoms with Crippen LogP contribution in [0.15, 0.2) is 29.3 Å². The Morgan fingerprint density at radius 1 is 1.24 bits per heavy atom. The fourth-order valence-electron chi connectivity index (χ4n) is 4.24. The first-order valence-electron chi connectivity index (χ1n) is 10.6. The first kappa shape index (κ1) is 25.0. The molecule has 12 heteroatoms. The lowest BCUT2D eigenvalue weighted by atomic mass is 9.93. The Bertz CT molecular complexity index is 1130. The van der Waals surface area contributed by atoms with Crippen molar-refractivity contribution < 1.29 is 31.5 Å². The minimum atomic E-state index is -4.71. The van der Waals surface area contributed by atoms with Gasteiger partial charge in [0.05, 0.1) is 22.7 Å². The second-order valence-electron chi connectivity index (χ2n) is 7.91. The Hall–Kier alpha value is -2.60. The molecule has 0 spiro atoms. The molecular weight excluding hydrogens is 461 g/mol. The molecule has 1 atom stereocenters. The minimum Gasteiger partial charge on any atom is -0.480 e. The van der Waals surface area contributed by atoms with Crippen LogP contribution < -0.4 is 4.90 Å². The number of nitrogens with zero attached hydrogens (tertiary/aromatic N) is 4. The molecule has 33 heavy (non-hydrogen) atoms. The van der Waals surface area contributed by atoms with E-state index >= 15 is 0 Å². The molecule has 1 aliphatic carbocycles. The summed E-state index contributed by atoms with van der Waals surface area (Å²) in [5.41, 5.74) is 0.353. The highest BCUT2D eigenvalue weighted by Crippen LogP contribution is 2.39. The molecule has 0 amide bonds. The first-order chi connectivity index (χ1) is 15.4. The summed E-state index contributed by atoms with van der Waals surface area (Å²) < 4.78 is 70.1. The van der Waals surface area contributed by atoms with E-state index in [9.17, 15) is 26.4 Å². The maximum Gasteiger partial charge on any atom is 0.416 e. The van der Waals surface area contributed by atoms with Gasteiger partial charge in [-0.25, -0.2) is 8.42 Å². The predicted octanol–water partition coefficient (Wildman–Crippen LogP) is 3.53. The number of anilines is 1. The van der Waals surface area contributed by atoms with Gasteiger partial charge in [0.25, 0.3) is 0 Å². The van der Waals surface area contributed by atoms with Crippen molar-refractivity contribution in [2.24, 2.45) is 0 Å². The molecule has 1 unspecified atom stereocenters. The maximum atomic E-state index is 13.6. The zero-order chi connectivity index (χ0) is 24.6. The van der Waals surface area contributed by atoms with E-state index in [2.05, 4.69) is 5.10 Å². The van der Waals surface area contributed by atoms with Gasteiger partial charge in [0.1, 0.15) is 6.54 Å². The van der Waals surface area contributed by atoms with Gasteiger partial charge in [0.15, 0.2) is 0 Å². The summed E-state index contributed by atoms with van der Waals surface area (Å²) in [6.07, 6.45) is -1.67. The smallest absolute Gasteiger partial charge is 0.416 e. The van der Waals surface area contributed by atoms with Gasteiger partial charge in [-0.1, -0.05) is 0 Å². The van der Waals surface area contributed by atoms with Crippen LogP contribution in [0.2, 0.25) is 0 Å². The molecule has 2 aromatic rings. The number of aromatic nitrogens is 2. The van der Waals surface area contributed by atoms with E-state index in [1.807, 2.05) is 0 Å². The molecule has 1 aliphatic rings. The average molecular weight is 489 g/mol. The molecule has 182 valence electrons. The van der Waals surface area contributed by atoms with E-state index in [-0.39, 0.29) is 12.2 Å². The molecule has 1 heterocycles. The van der Waals surface area contributed by atoms with Gasteiger partial charge in [-0.2, -0.15) is 22.6 Å². The van der Waals surface area contributed by atoms with Crippen molar-refractivity contribution in [3.63, 3.8) is 0 Å². The van der Waals surface area contributed by atoms with E-state index in [1.54, 1.807) is 18.7 Å². The number of benzene rings is 1. The summed E-state index contributed by atoms with van der Waals surface area (Å²) >= 11 is 0. The molecule has 1 aromatic heterocycles. The minimum absolute atomic E-state index is 0.181. The number of fused-ring (bicyclic) bond motifs is 1. The Balaban J connectivity index is 2.05. The molecule has 1 aromatic carbocycles. The Kier molecular flexibility index (Phi) is 7.08. The zero-order valence-corrected chi connectivity index (χ0v) is 19.4. The van der Waals surface area contributed by atoms with Gasteiger partial charge in [-0.3, -0.25) is 9.48 Å². The van der Waals surface area contributed by atoms with Gasteiger partial charge < -0.3 is 10.0 Å². The Labute approximate surface area is 190 Å². The highest BCUT2D eigenvalue weighted by atomic mass is 32.2. The molecule has 0 radical (unpaired) electrons. The normalized spacial score (nSPS) is 16.6. The van der Waals surface area contributed by atoms with Crippen molar-refractivity contribution in [1.29, 1.82) is 0 Å². The van der Waals surface area contributed by atoms with Crippen LogP contribution in [0.5, 0.6) is 0 Å². The van der Waals surface area contributed by atoms with Crippen molar-refractivity contribution in [3.8, 4) is 0 Å². The summed E-state index contributed by atoms with van der Waals surface area (Å²) in [5.74, 6) is -1.07. The summed E-state index contributed by atoms with van der Waals surface area (Å²) in [4.78, 5) is 12.3. The Morgan fingerprint density at radius 3 is 2.48 bits per heavy atom. The Morgan fingerprint density at radius 2 is 1.91 bits per heavy atom. The number of aliphatic carboxylic acids is 1. The van der Waals surface area contributed by atoms with Crippen molar-refractivity contribution in [3.05, 3.63) is 41.2 Å². The fourth-order valence-corrected chi connectivity index (χ4v) is 5.67. The standard InChI is InChI=1S/C21H27F3N4O4S/c1-4-27(5-2)15-9-14(21(22,23)24)10-16(11-15)33(31,32)26(3)18-7-6-8-19-17(18)12-25-28(19)13-20(29)30/h9-12,18H,4-8,13H2,1-3H3,(H,29,30). The molecule has 8 nitrogen and oxygen atoms in total. The van der Waals surface area contributed by atoms with Crippen LogP contribution in [0, 0.1) is 0 Å².